The summed E-state index contributed by atoms with van der Waals surface area (Å²) < 4.78 is 16.0. The van der Waals surface area contributed by atoms with Crippen LogP contribution in [-0.2, 0) is 4.79 Å². The van der Waals surface area contributed by atoms with Gasteiger partial charge in [-0.3, -0.25) is 20.4 Å². The van der Waals surface area contributed by atoms with Crippen LogP contribution in [0.4, 0.5) is 0 Å². The summed E-state index contributed by atoms with van der Waals surface area (Å²) in [4.78, 5) is 24.3. The monoisotopic (exact) mass is 380 g/mol. The fourth-order valence-corrected chi connectivity index (χ4v) is 2.74. The number of benzene rings is 2. The summed E-state index contributed by atoms with van der Waals surface area (Å²) >= 11 is 0. The van der Waals surface area contributed by atoms with E-state index in [1.165, 1.54) is 13.2 Å². The number of aryl methyl sites for hydroxylation is 1. The third kappa shape index (κ3) is 3.98. The van der Waals surface area contributed by atoms with Crippen molar-refractivity contribution < 1.29 is 23.5 Å². The lowest BCUT2D eigenvalue weighted by molar-refractivity contribution is -0.117. The van der Waals surface area contributed by atoms with Crippen molar-refractivity contribution >= 4 is 28.9 Å². The molecule has 0 aliphatic heterocycles. The van der Waals surface area contributed by atoms with Crippen molar-refractivity contribution in [2.75, 3.05) is 14.2 Å². The standard InChI is InChI=1S/C21H20N2O5/c1-13-15-6-4-5-7-16(15)28-20(13)21(25)23-22-19(24)11-9-14-8-10-17(26-2)18(12-14)27-3/h4-12H,1-3H3,(H,22,24)(H,23,25)/b11-9+. The molecule has 0 unspecified atom stereocenters. The second-order valence-corrected chi connectivity index (χ2v) is 5.94. The van der Waals surface area contributed by atoms with Crippen molar-refractivity contribution in [2.24, 2.45) is 0 Å². The lowest BCUT2D eigenvalue weighted by Crippen LogP contribution is -2.40. The first-order chi connectivity index (χ1) is 13.5. The van der Waals surface area contributed by atoms with Gasteiger partial charge in [0.25, 0.3) is 5.91 Å². The molecule has 0 spiro atoms. The first kappa shape index (κ1) is 19.0. The Kier molecular flexibility index (Phi) is 5.64. The number of hydrogen-bond acceptors (Lipinski definition) is 5. The number of nitrogens with one attached hydrogen (secondary N) is 2. The molecule has 2 aromatic carbocycles. The van der Waals surface area contributed by atoms with Gasteiger partial charge in [-0.1, -0.05) is 24.3 Å². The highest BCUT2D eigenvalue weighted by molar-refractivity contribution is 6.00. The molecule has 7 nitrogen and oxygen atoms in total. The average molecular weight is 380 g/mol. The maximum Gasteiger partial charge on any atom is 0.305 e. The number of para-hydroxylation sites is 1. The van der Waals surface area contributed by atoms with E-state index < -0.39 is 11.8 Å². The van der Waals surface area contributed by atoms with Gasteiger partial charge in [0.15, 0.2) is 17.3 Å². The van der Waals surface area contributed by atoms with E-state index in [9.17, 15) is 9.59 Å². The number of methoxy groups -OCH3 is 2. The Morgan fingerprint density at radius 3 is 2.46 bits per heavy atom. The Balaban J connectivity index is 1.62. The van der Waals surface area contributed by atoms with Crippen molar-refractivity contribution in [3.63, 3.8) is 0 Å². The molecule has 0 fully saturated rings. The summed E-state index contributed by atoms with van der Waals surface area (Å²) in [6.07, 6.45) is 2.89. The quantitative estimate of drug-likeness (QED) is 0.524. The van der Waals surface area contributed by atoms with Gasteiger partial charge in [-0.15, -0.1) is 0 Å². The van der Waals surface area contributed by atoms with Gasteiger partial charge in [0, 0.05) is 17.0 Å². The van der Waals surface area contributed by atoms with Gasteiger partial charge in [-0.25, -0.2) is 0 Å². The van der Waals surface area contributed by atoms with Gasteiger partial charge in [0.05, 0.1) is 14.2 Å². The summed E-state index contributed by atoms with van der Waals surface area (Å²) in [7, 11) is 3.08. The fourth-order valence-electron chi connectivity index (χ4n) is 2.74. The van der Waals surface area contributed by atoms with E-state index in [1.807, 2.05) is 18.2 Å². The Morgan fingerprint density at radius 2 is 1.75 bits per heavy atom. The molecule has 0 saturated carbocycles. The van der Waals surface area contributed by atoms with E-state index in [0.29, 0.717) is 22.6 Å². The molecule has 3 aromatic rings. The molecule has 0 bridgehead atoms. The normalized spacial score (nSPS) is 10.8. The van der Waals surface area contributed by atoms with Crippen LogP contribution in [0.1, 0.15) is 21.7 Å². The molecule has 2 amide bonds. The van der Waals surface area contributed by atoms with Gasteiger partial charge in [0.2, 0.25) is 0 Å². The van der Waals surface area contributed by atoms with Crippen LogP contribution in [-0.4, -0.2) is 26.0 Å². The summed E-state index contributed by atoms with van der Waals surface area (Å²) in [5, 5.41) is 0.854. The Morgan fingerprint density at radius 1 is 1.00 bits per heavy atom. The molecule has 144 valence electrons. The van der Waals surface area contributed by atoms with E-state index in [0.717, 1.165) is 10.9 Å². The molecule has 3 rings (SSSR count). The molecule has 7 heteroatoms. The number of carbonyl (C=O) groups is 2. The number of rotatable bonds is 5. The van der Waals surface area contributed by atoms with Crippen LogP contribution in [0.15, 0.2) is 53.0 Å². The van der Waals surface area contributed by atoms with Crippen molar-refractivity contribution in [3.05, 3.63) is 65.4 Å². The summed E-state index contributed by atoms with van der Waals surface area (Å²) in [5.74, 6) is 0.292. The topological polar surface area (TPSA) is 89.8 Å². The zero-order valence-electron chi connectivity index (χ0n) is 15.7. The number of fused-ring (bicyclic) bond motifs is 1. The predicted octanol–water partition coefficient (Wildman–Crippen LogP) is 3.23. The van der Waals surface area contributed by atoms with Crippen LogP contribution in [0, 0.1) is 6.92 Å². The molecule has 0 radical (unpaired) electrons. The van der Waals surface area contributed by atoms with Gasteiger partial charge >= 0.3 is 5.91 Å². The molecule has 28 heavy (non-hydrogen) atoms. The minimum atomic E-state index is -0.526. The maximum absolute atomic E-state index is 12.3. The fraction of sp³-hybridized carbons (Fsp3) is 0.143. The van der Waals surface area contributed by atoms with Crippen LogP contribution in [0.25, 0.3) is 17.0 Å². The second-order valence-electron chi connectivity index (χ2n) is 5.94. The molecule has 2 N–H and O–H groups in total. The Hall–Kier alpha value is -3.74. The van der Waals surface area contributed by atoms with Crippen LogP contribution < -0.4 is 20.3 Å². The Bertz CT molecular complexity index is 1050. The van der Waals surface area contributed by atoms with Crippen molar-refractivity contribution in [3.8, 4) is 11.5 Å². The predicted molar refractivity (Wildman–Crippen MR) is 105 cm³/mol. The van der Waals surface area contributed by atoms with E-state index in [2.05, 4.69) is 10.9 Å². The third-order valence-electron chi connectivity index (χ3n) is 4.18. The number of furan rings is 1. The SMILES string of the molecule is COc1ccc(/C=C/C(=O)NNC(=O)c2oc3ccccc3c2C)cc1OC. The first-order valence-electron chi connectivity index (χ1n) is 8.52. The lowest BCUT2D eigenvalue weighted by Gasteiger charge is -2.07. The van der Waals surface area contributed by atoms with E-state index in [4.69, 9.17) is 13.9 Å². The molecule has 0 atom stereocenters. The van der Waals surface area contributed by atoms with Crippen molar-refractivity contribution in [2.45, 2.75) is 6.92 Å². The third-order valence-corrected chi connectivity index (χ3v) is 4.18. The number of carbonyl (C=O) groups excluding carboxylic acids is 2. The second kappa shape index (κ2) is 8.30. The van der Waals surface area contributed by atoms with Gasteiger partial charge in [-0.2, -0.15) is 0 Å². The molecule has 0 saturated heterocycles. The molecule has 0 aliphatic rings. The molecular weight excluding hydrogens is 360 g/mol. The molecular formula is C21H20N2O5. The van der Waals surface area contributed by atoms with Crippen LogP contribution >= 0.6 is 0 Å². The van der Waals surface area contributed by atoms with Crippen molar-refractivity contribution in [1.82, 2.24) is 10.9 Å². The highest BCUT2D eigenvalue weighted by atomic mass is 16.5. The largest absolute Gasteiger partial charge is 0.493 e. The minimum Gasteiger partial charge on any atom is -0.493 e. The zero-order valence-corrected chi connectivity index (χ0v) is 15.7. The van der Waals surface area contributed by atoms with Crippen molar-refractivity contribution in [1.29, 1.82) is 0 Å². The van der Waals surface area contributed by atoms with Crippen LogP contribution in [0.3, 0.4) is 0 Å². The van der Waals surface area contributed by atoms with Crippen LogP contribution in [0.2, 0.25) is 0 Å². The van der Waals surface area contributed by atoms with Gasteiger partial charge in [-0.05, 0) is 36.8 Å². The summed E-state index contributed by atoms with van der Waals surface area (Å²) in [5.41, 5.74) is 6.75. The van der Waals surface area contributed by atoms with E-state index in [1.54, 1.807) is 44.4 Å². The summed E-state index contributed by atoms with van der Waals surface area (Å²) in [6, 6.07) is 12.6. The first-order valence-corrected chi connectivity index (χ1v) is 8.52. The Labute approximate surface area is 161 Å². The van der Waals surface area contributed by atoms with E-state index >= 15 is 0 Å². The molecule has 1 heterocycles. The number of hydrogen-bond donors (Lipinski definition) is 2. The van der Waals surface area contributed by atoms with E-state index in [-0.39, 0.29) is 5.76 Å². The summed E-state index contributed by atoms with van der Waals surface area (Å²) in [6.45, 7) is 1.79. The van der Waals surface area contributed by atoms with Gasteiger partial charge in [0.1, 0.15) is 5.58 Å². The lowest BCUT2D eigenvalue weighted by atomic mass is 10.1. The average Bonchev–Trinajstić information content (AvgIpc) is 3.07. The highest BCUT2D eigenvalue weighted by Gasteiger charge is 2.17. The number of ether oxygens (including phenoxy) is 2. The zero-order chi connectivity index (χ0) is 20.1. The minimum absolute atomic E-state index is 0.158. The number of amides is 2. The molecule has 1 aromatic heterocycles. The highest BCUT2D eigenvalue weighted by Crippen LogP contribution is 2.28. The van der Waals surface area contributed by atoms with Crippen LogP contribution in [0.5, 0.6) is 11.5 Å². The maximum atomic E-state index is 12.3. The number of hydrazine groups is 1. The smallest absolute Gasteiger partial charge is 0.305 e. The molecule has 0 aliphatic carbocycles. The van der Waals surface area contributed by atoms with Gasteiger partial charge < -0.3 is 13.9 Å².